The molecule has 0 aliphatic rings. The first-order valence-electron chi connectivity index (χ1n) is 19.0. The van der Waals surface area contributed by atoms with Crippen LogP contribution in [-0.2, 0) is 0 Å². The number of hydrogen-bond donors (Lipinski definition) is 0. The molecule has 0 saturated heterocycles. The second-order valence-electron chi connectivity index (χ2n) is 14.4. The molecule has 0 aliphatic carbocycles. The molecule has 0 spiro atoms. The van der Waals surface area contributed by atoms with Crippen LogP contribution in [0.3, 0.4) is 0 Å². The third-order valence-electron chi connectivity index (χ3n) is 11.0. The number of para-hydroxylation sites is 1. The van der Waals surface area contributed by atoms with Gasteiger partial charge in [0.2, 0.25) is 0 Å². The largest absolute Gasteiger partial charge is 0.456 e. The Morgan fingerprint density at radius 2 is 0.842 bits per heavy atom. The molecule has 0 saturated carbocycles. The molecule has 0 aliphatic heterocycles. The Bertz CT molecular complexity index is 3450. The lowest BCUT2D eigenvalue weighted by Crippen LogP contribution is -2.00. The molecule has 6 heteroatoms. The quantitative estimate of drug-likeness (QED) is 0.176. The van der Waals surface area contributed by atoms with Crippen molar-refractivity contribution in [1.29, 1.82) is 0 Å². The highest BCUT2D eigenvalue weighted by atomic mass is 16.3. The van der Waals surface area contributed by atoms with E-state index in [1.807, 2.05) is 72.8 Å². The van der Waals surface area contributed by atoms with Crippen LogP contribution in [0.1, 0.15) is 0 Å². The van der Waals surface area contributed by atoms with Crippen molar-refractivity contribution in [3.05, 3.63) is 182 Å². The molecule has 6 nitrogen and oxygen atoms in total. The Balaban J connectivity index is 0.987. The summed E-state index contributed by atoms with van der Waals surface area (Å²) < 4.78 is 15.4. The van der Waals surface area contributed by atoms with Crippen LogP contribution < -0.4 is 0 Å². The number of benzene rings is 8. The molecule has 4 aromatic heterocycles. The molecule has 0 unspecified atom stereocenters. The average Bonchev–Trinajstić information content (AvgIpc) is 3.94. The lowest BCUT2D eigenvalue weighted by atomic mass is 10.0. The lowest BCUT2D eigenvalue weighted by Gasteiger charge is -2.09. The predicted octanol–water partition coefficient (Wildman–Crippen LogP) is 13.4. The summed E-state index contributed by atoms with van der Waals surface area (Å²) in [6, 6.07) is 62.9. The molecule has 0 atom stereocenters. The van der Waals surface area contributed by atoms with E-state index in [0.29, 0.717) is 17.5 Å². The van der Waals surface area contributed by atoms with E-state index in [1.54, 1.807) is 0 Å². The van der Waals surface area contributed by atoms with Crippen LogP contribution >= 0.6 is 0 Å². The van der Waals surface area contributed by atoms with E-state index < -0.39 is 0 Å². The second-order valence-corrected chi connectivity index (χ2v) is 14.4. The minimum Gasteiger partial charge on any atom is -0.456 e. The monoisotopic (exact) mass is 730 g/mol. The van der Waals surface area contributed by atoms with Gasteiger partial charge in [-0.2, -0.15) is 0 Å². The minimum absolute atomic E-state index is 0.582. The van der Waals surface area contributed by atoms with Gasteiger partial charge in [0.25, 0.3) is 0 Å². The van der Waals surface area contributed by atoms with Gasteiger partial charge in [-0.15, -0.1) is 0 Å². The number of fused-ring (bicyclic) bond motifs is 9. The summed E-state index contributed by atoms with van der Waals surface area (Å²) in [4.78, 5) is 14.7. The van der Waals surface area contributed by atoms with E-state index in [1.165, 1.54) is 21.9 Å². The standard InChI is InChI=1S/C51H30N4O2/c1-4-12-31(13-5-1)34-21-24-44-39(26-34)37-18-10-11-19-43(37)55(44)36-22-25-45-40(28-36)42-29-41-38-23-20-35(27-46(38)57-47(41)30-48(42)56-45)51-53-49(32-14-6-2-7-15-32)52-50(54-51)33-16-8-3-9-17-33/h1-30H. The van der Waals surface area contributed by atoms with Gasteiger partial charge < -0.3 is 13.4 Å². The van der Waals surface area contributed by atoms with Crippen molar-refractivity contribution in [2.24, 2.45) is 0 Å². The van der Waals surface area contributed by atoms with Gasteiger partial charge in [0.1, 0.15) is 22.3 Å². The van der Waals surface area contributed by atoms with E-state index in [-0.39, 0.29) is 0 Å². The van der Waals surface area contributed by atoms with E-state index in [4.69, 9.17) is 23.8 Å². The van der Waals surface area contributed by atoms with Crippen LogP contribution in [-0.4, -0.2) is 19.5 Å². The van der Waals surface area contributed by atoms with Gasteiger partial charge in [0, 0.05) is 60.8 Å². The van der Waals surface area contributed by atoms with E-state index in [9.17, 15) is 0 Å². The van der Waals surface area contributed by atoms with Crippen molar-refractivity contribution < 1.29 is 8.83 Å². The molecule has 4 heterocycles. The van der Waals surface area contributed by atoms with Crippen molar-refractivity contribution in [2.75, 3.05) is 0 Å². The zero-order valence-electron chi connectivity index (χ0n) is 30.4. The van der Waals surface area contributed by atoms with Crippen molar-refractivity contribution >= 4 is 65.7 Å². The molecule has 0 radical (unpaired) electrons. The normalized spacial score (nSPS) is 11.9. The van der Waals surface area contributed by atoms with Gasteiger partial charge in [0.05, 0.1) is 11.0 Å². The molecule has 0 fully saturated rings. The molecule has 12 rings (SSSR count). The first kappa shape index (κ1) is 31.5. The fourth-order valence-electron chi connectivity index (χ4n) is 8.31. The fraction of sp³-hybridized carbons (Fsp3) is 0. The molecular weight excluding hydrogens is 701 g/mol. The van der Waals surface area contributed by atoms with Crippen molar-refractivity contribution in [1.82, 2.24) is 19.5 Å². The predicted molar refractivity (Wildman–Crippen MR) is 230 cm³/mol. The second kappa shape index (κ2) is 12.3. The highest BCUT2D eigenvalue weighted by Crippen LogP contribution is 2.40. The molecule has 0 amide bonds. The first-order valence-corrected chi connectivity index (χ1v) is 19.0. The highest BCUT2D eigenvalue weighted by Gasteiger charge is 2.19. The van der Waals surface area contributed by atoms with Crippen LogP contribution in [0.4, 0.5) is 0 Å². The third-order valence-corrected chi connectivity index (χ3v) is 11.0. The average molecular weight is 731 g/mol. The van der Waals surface area contributed by atoms with Crippen molar-refractivity contribution in [3.63, 3.8) is 0 Å². The Morgan fingerprint density at radius 1 is 0.298 bits per heavy atom. The SMILES string of the molecule is c1ccc(-c2ccc3c(c2)c2ccccc2n3-c2ccc3oc4cc5oc6cc(-c7nc(-c8ccccc8)nc(-c8ccccc8)n7)ccc6c5cc4c3c2)cc1. The van der Waals surface area contributed by atoms with Gasteiger partial charge in [-0.05, 0) is 65.7 Å². The summed E-state index contributed by atoms with van der Waals surface area (Å²) in [5.41, 5.74) is 11.6. The summed E-state index contributed by atoms with van der Waals surface area (Å²) >= 11 is 0. The zero-order chi connectivity index (χ0) is 37.5. The Kier molecular flexibility index (Phi) is 6.83. The molecule has 266 valence electrons. The molecule has 8 aromatic carbocycles. The smallest absolute Gasteiger partial charge is 0.164 e. The molecule has 0 N–H and O–H groups in total. The fourth-order valence-corrected chi connectivity index (χ4v) is 8.31. The third kappa shape index (κ3) is 5.08. The maximum Gasteiger partial charge on any atom is 0.164 e. The van der Waals surface area contributed by atoms with E-state index in [0.717, 1.165) is 77.3 Å². The van der Waals surface area contributed by atoms with Crippen LogP contribution in [0, 0.1) is 0 Å². The van der Waals surface area contributed by atoms with Gasteiger partial charge in [-0.25, -0.2) is 15.0 Å². The summed E-state index contributed by atoms with van der Waals surface area (Å²) in [7, 11) is 0. The van der Waals surface area contributed by atoms with Gasteiger partial charge in [0.15, 0.2) is 17.5 Å². The van der Waals surface area contributed by atoms with Crippen molar-refractivity contribution in [3.8, 4) is 51.0 Å². The number of aromatic nitrogens is 4. The first-order chi connectivity index (χ1) is 28.2. The maximum absolute atomic E-state index is 6.53. The molecule has 57 heavy (non-hydrogen) atoms. The summed E-state index contributed by atoms with van der Waals surface area (Å²) in [6.45, 7) is 0. The summed E-state index contributed by atoms with van der Waals surface area (Å²) in [6.07, 6.45) is 0. The summed E-state index contributed by atoms with van der Waals surface area (Å²) in [5.74, 6) is 1.82. The summed E-state index contributed by atoms with van der Waals surface area (Å²) in [5, 5.41) is 6.56. The maximum atomic E-state index is 6.53. The Morgan fingerprint density at radius 3 is 1.56 bits per heavy atom. The highest BCUT2D eigenvalue weighted by molar-refractivity contribution is 6.16. The van der Waals surface area contributed by atoms with Crippen LogP contribution in [0.25, 0.3) is 117 Å². The van der Waals surface area contributed by atoms with E-state index >= 15 is 0 Å². The number of rotatable bonds is 5. The van der Waals surface area contributed by atoms with Crippen molar-refractivity contribution in [2.45, 2.75) is 0 Å². The molecular formula is C51H30N4O2. The lowest BCUT2D eigenvalue weighted by molar-refractivity contribution is 0.656. The van der Waals surface area contributed by atoms with Crippen LogP contribution in [0.5, 0.6) is 0 Å². The number of nitrogens with zero attached hydrogens (tertiary/aromatic N) is 4. The van der Waals surface area contributed by atoms with Gasteiger partial charge >= 0.3 is 0 Å². The van der Waals surface area contributed by atoms with Gasteiger partial charge in [-0.3, -0.25) is 0 Å². The van der Waals surface area contributed by atoms with Crippen LogP contribution in [0.2, 0.25) is 0 Å². The van der Waals surface area contributed by atoms with Gasteiger partial charge in [-0.1, -0.05) is 121 Å². The van der Waals surface area contributed by atoms with E-state index in [2.05, 4.69) is 114 Å². The Labute approximate surface area is 325 Å². The minimum atomic E-state index is 0.582. The number of hydrogen-bond acceptors (Lipinski definition) is 5. The topological polar surface area (TPSA) is 69.9 Å². The Hall–Kier alpha value is -7.83. The molecule has 0 bridgehead atoms. The molecule has 12 aromatic rings. The number of furan rings is 2. The van der Waals surface area contributed by atoms with Crippen LogP contribution in [0.15, 0.2) is 191 Å². The zero-order valence-corrected chi connectivity index (χ0v) is 30.4.